The Labute approximate surface area is 232 Å². The molecule has 206 valence electrons. The summed E-state index contributed by atoms with van der Waals surface area (Å²) in [7, 11) is -7.60. The van der Waals surface area contributed by atoms with Crippen molar-refractivity contribution >= 4 is 54.9 Å². The Kier molecular flexibility index (Phi) is 8.60. The molecule has 0 saturated carbocycles. The number of hydrogen-bond donors (Lipinski definition) is 2. The van der Waals surface area contributed by atoms with Crippen LogP contribution in [0.1, 0.15) is 30.1 Å². The summed E-state index contributed by atoms with van der Waals surface area (Å²) in [6.45, 7) is 2.33. The lowest BCUT2D eigenvalue weighted by Crippen LogP contribution is -2.30. The molecule has 10 nitrogen and oxygen atoms in total. The van der Waals surface area contributed by atoms with Gasteiger partial charge < -0.3 is 10.1 Å². The Bertz CT molecular complexity index is 1570. The SMILES string of the molecule is C[C@H](OC(=O)c1cccc(S(=O)(=O)Nc2ccc(Cl)cc2)c1)C(=O)Nc1ccc(S(=O)(=O)N2CCCC2)cc1. The van der Waals surface area contributed by atoms with E-state index in [9.17, 15) is 26.4 Å². The maximum atomic E-state index is 12.8. The second kappa shape index (κ2) is 11.7. The van der Waals surface area contributed by atoms with Crippen molar-refractivity contribution in [3.63, 3.8) is 0 Å². The number of anilines is 2. The minimum Gasteiger partial charge on any atom is -0.449 e. The highest BCUT2D eigenvalue weighted by molar-refractivity contribution is 7.92. The van der Waals surface area contributed by atoms with E-state index in [0.29, 0.717) is 29.5 Å². The number of benzene rings is 3. The first-order valence-corrected chi connectivity index (χ1v) is 15.3. The maximum absolute atomic E-state index is 12.8. The molecule has 1 amide bonds. The van der Waals surface area contributed by atoms with E-state index in [0.717, 1.165) is 18.9 Å². The van der Waals surface area contributed by atoms with Crippen LogP contribution in [0.3, 0.4) is 0 Å². The van der Waals surface area contributed by atoms with Crippen molar-refractivity contribution in [3.8, 4) is 0 Å². The monoisotopic (exact) mass is 591 g/mol. The molecule has 0 aliphatic carbocycles. The fourth-order valence-corrected chi connectivity index (χ4v) is 6.58. The molecular formula is C26H26ClN3O7S2. The van der Waals surface area contributed by atoms with Crippen LogP contribution in [0.15, 0.2) is 82.6 Å². The van der Waals surface area contributed by atoms with Gasteiger partial charge in [0.25, 0.3) is 15.9 Å². The summed E-state index contributed by atoms with van der Waals surface area (Å²) in [5.41, 5.74) is 0.550. The summed E-state index contributed by atoms with van der Waals surface area (Å²) in [5, 5.41) is 3.02. The molecular weight excluding hydrogens is 566 g/mol. The van der Waals surface area contributed by atoms with Gasteiger partial charge in [0.15, 0.2) is 6.10 Å². The van der Waals surface area contributed by atoms with Gasteiger partial charge in [0.2, 0.25) is 10.0 Å². The van der Waals surface area contributed by atoms with Crippen molar-refractivity contribution in [2.75, 3.05) is 23.1 Å². The molecule has 1 aliphatic heterocycles. The third-order valence-electron chi connectivity index (χ3n) is 5.95. The molecule has 1 aliphatic rings. The first-order valence-electron chi connectivity index (χ1n) is 12.0. The van der Waals surface area contributed by atoms with Crippen LogP contribution in [0.2, 0.25) is 5.02 Å². The molecule has 1 atom stereocenters. The molecule has 0 unspecified atom stereocenters. The minimum absolute atomic E-state index is 0.0647. The van der Waals surface area contributed by atoms with Crippen LogP contribution in [0.4, 0.5) is 11.4 Å². The van der Waals surface area contributed by atoms with Crippen molar-refractivity contribution in [1.29, 1.82) is 0 Å². The number of nitrogens with one attached hydrogen (secondary N) is 2. The number of nitrogens with zero attached hydrogens (tertiary/aromatic N) is 1. The lowest BCUT2D eigenvalue weighted by molar-refractivity contribution is -0.123. The van der Waals surface area contributed by atoms with Crippen LogP contribution < -0.4 is 10.0 Å². The number of carbonyl (C=O) groups excluding carboxylic acids is 2. The number of ether oxygens (including phenoxy) is 1. The third-order valence-corrected chi connectivity index (χ3v) is 9.50. The topological polar surface area (TPSA) is 139 Å². The van der Waals surface area contributed by atoms with Crippen LogP contribution in [0.5, 0.6) is 0 Å². The van der Waals surface area contributed by atoms with Crippen LogP contribution in [-0.2, 0) is 29.6 Å². The van der Waals surface area contributed by atoms with Crippen LogP contribution in [0, 0.1) is 0 Å². The van der Waals surface area contributed by atoms with Gasteiger partial charge in [0.05, 0.1) is 15.4 Å². The minimum atomic E-state index is -4.01. The van der Waals surface area contributed by atoms with Crippen molar-refractivity contribution in [2.45, 2.75) is 35.7 Å². The van der Waals surface area contributed by atoms with Crippen molar-refractivity contribution in [1.82, 2.24) is 4.31 Å². The predicted octanol–water partition coefficient (Wildman–Crippen LogP) is 4.11. The Hall–Kier alpha value is -3.45. The Morgan fingerprint density at radius 1 is 0.872 bits per heavy atom. The zero-order valence-electron chi connectivity index (χ0n) is 20.8. The van der Waals surface area contributed by atoms with E-state index in [2.05, 4.69) is 10.0 Å². The summed E-state index contributed by atoms with van der Waals surface area (Å²) in [6, 6.07) is 17.0. The van der Waals surface area contributed by atoms with E-state index in [-0.39, 0.29) is 15.4 Å². The molecule has 0 spiro atoms. The number of carbonyl (C=O) groups is 2. The molecule has 1 heterocycles. The second-order valence-electron chi connectivity index (χ2n) is 8.81. The summed E-state index contributed by atoms with van der Waals surface area (Å²) in [5.74, 6) is -1.54. The van der Waals surface area contributed by atoms with Gasteiger partial charge in [-0.1, -0.05) is 17.7 Å². The van der Waals surface area contributed by atoms with E-state index in [1.807, 2.05) is 0 Å². The first-order chi connectivity index (χ1) is 18.5. The molecule has 2 N–H and O–H groups in total. The average Bonchev–Trinajstić information content (AvgIpc) is 3.46. The quantitative estimate of drug-likeness (QED) is 0.357. The van der Waals surface area contributed by atoms with Gasteiger partial charge in [-0.05, 0) is 86.5 Å². The van der Waals surface area contributed by atoms with Crippen LogP contribution >= 0.6 is 11.6 Å². The van der Waals surface area contributed by atoms with Gasteiger partial charge >= 0.3 is 5.97 Å². The zero-order valence-corrected chi connectivity index (χ0v) is 23.2. The Balaban J connectivity index is 1.37. The molecule has 13 heteroatoms. The average molecular weight is 592 g/mol. The standard InChI is InChI=1S/C26H26ClN3O7S2/c1-18(25(31)28-21-11-13-23(14-12-21)39(35,36)30-15-2-3-16-30)37-26(32)19-5-4-6-24(17-19)38(33,34)29-22-9-7-20(27)8-10-22/h4-14,17-18,29H,2-3,15-16H2,1H3,(H,28,31)/t18-/m0/s1. The van der Waals surface area contributed by atoms with E-state index >= 15 is 0 Å². The molecule has 0 radical (unpaired) electrons. The van der Waals surface area contributed by atoms with Crippen LogP contribution in [-0.4, -0.2) is 52.2 Å². The predicted molar refractivity (Wildman–Crippen MR) is 147 cm³/mol. The van der Waals surface area contributed by atoms with Crippen molar-refractivity contribution < 1.29 is 31.2 Å². The molecule has 3 aromatic rings. The summed E-state index contributed by atoms with van der Waals surface area (Å²) in [6.07, 6.45) is 0.423. The number of sulfonamides is 2. The van der Waals surface area contributed by atoms with Gasteiger partial charge in [0, 0.05) is 29.5 Å². The molecule has 3 aromatic carbocycles. The highest BCUT2D eigenvalue weighted by atomic mass is 35.5. The Morgan fingerprint density at radius 2 is 1.49 bits per heavy atom. The summed E-state index contributed by atoms with van der Waals surface area (Å²) < 4.78 is 59.9. The zero-order chi connectivity index (χ0) is 28.2. The number of esters is 1. The maximum Gasteiger partial charge on any atom is 0.338 e. The molecule has 1 saturated heterocycles. The van der Waals surface area contributed by atoms with E-state index in [4.69, 9.17) is 16.3 Å². The van der Waals surface area contributed by atoms with Crippen molar-refractivity contribution in [3.05, 3.63) is 83.4 Å². The lowest BCUT2D eigenvalue weighted by Gasteiger charge is -2.16. The number of hydrogen-bond acceptors (Lipinski definition) is 7. The van der Waals surface area contributed by atoms with Gasteiger partial charge in [0.1, 0.15) is 0 Å². The fraction of sp³-hybridized carbons (Fsp3) is 0.231. The second-order valence-corrected chi connectivity index (χ2v) is 12.9. The Morgan fingerprint density at radius 3 is 2.13 bits per heavy atom. The highest BCUT2D eigenvalue weighted by Gasteiger charge is 2.27. The molecule has 0 bridgehead atoms. The van der Waals surface area contributed by atoms with Gasteiger partial charge in [-0.2, -0.15) is 4.31 Å². The van der Waals surface area contributed by atoms with Crippen molar-refractivity contribution in [2.24, 2.45) is 0 Å². The number of rotatable bonds is 9. The van der Waals surface area contributed by atoms with Gasteiger partial charge in [-0.15, -0.1) is 0 Å². The fourth-order valence-electron chi connectivity index (χ4n) is 3.84. The normalized spacial score (nSPS) is 14.9. The smallest absolute Gasteiger partial charge is 0.338 e. The van der Waals surface area contributed by atoms with E-state index < -0.39 is 38.0 Å². The third kappa shape index (κ3) is 6.95. The molecule has 1 fully saturated rings. The van der Waals surface area contributed by atoms with E-state index in [1.54, 1.807) is 0 Å². The molecule has 0 aromatic heterocycles. The van der Waals surface area contributed by atoms with Gasteiger partial charge in [-0.25, -0.2) is 21.6 Å². The van der Waals surface area contributed by atoms with E-state index in [1.165, 1.54) is 78.0 Å². The summed E-state index contributed by atoms with van der Waals surface area (Å²) >= 11 is 5.83. The first kappa shape index (κ1) is 28.6. The molecule has 4 rings (SSSR count). The van der Waals surface area contributed by atoms with Crippen LogP contribution in [0.25, 0.3) is 0 Å². The van der Waals surface area contributed by atoms with Gasteiger partial charge in [-0.3, -0.25) is 9.52 Å². The lowest BCUT2D eigenvalue weighted by atomic mass is 10.2. The summed E-state index contributed by atoms with van der Waals surface area (Å²) in [4.78, 5) is 25.2. The number of amides is 1. The largest absolute Gasteiger partial charge is 0.449 e. The highest BCUT2D eigenvalue weighted by Crippen LogP contribution is 2.23. The number of halogens is 1. The molecule has 39 heavy (non-hydrogen) atoms.